The minimum atomic E-state index is 0.416. The van der Waals surface area contributed by atoms with Gasteiger partial charge in [-0.3, -0.25) is 4.79 Å². The second kappa shape index (κ2) is 4.72. The molecule has 0 amide bonds. The average molecular weight is 153 g/mol. The zero-order valence-corrected chi connectivity index (χ0v) is 7.37. The molecular weight excluding hydrogens is 138 g/mol. The number of hydrogen-bond acceptors (Lipinski definition) is 2. The zero-order chi connectivity index (χ0) is 8.85. The van der Waals surface area contributed by atoms with Crippen LogP contribution in [0.1, 0.15) is 13.8 Å². The SMILES string of the molecule is C=C(/C=C\C=O)N(C)C(C)C. The highest BCUT2D eigenvalue weighted by Crippen LogP contribution is 2.04. The summed E-state index contributed by atoms with van der Waals surface area (Å²) >= 11 is 0. The van der Waals surface area contributed by atoms with Crippen molar-refractivity contribution in [2.75, 3.05) is 7.05 Å². The van der Waals surface area contributed by atoms with Gasteiger partial charge in [-0.15, -0.1) is 0 Å². The fourth-order valence-corrected chi connectivity index (χ4v) is 0.600. The van der Waals surface area contributed by atoms with Gasteiger partial charge in [-0.05, 0) is 26.0 Å². The van der Waals surface area contributed by atoms with E-state index in [1.54, 1.807) is 6.08 Å². The zero-order valence-electron chi connectivity index (χ0n) is 7.37. The Morgan fingerprint density at radius 1 is 1.55 bits per heavy atom. The Morgan fingerprint density at radius 3 is 2.45 bits per heavy atom. The van der Waals surface area contributed by atoms with Crippen molar-refractivity contribution in [2.45, 2.75) is 19.9 Å². The number of nitrogens with zero attached hydrogens (tertiary/aromatic N) is 1. The van der Waals surface area contributed by atoms with Crippen LogP contribution in [0.15, 0.2) is 24.4 Å². The molecule has 0 atom stereocenters. The first-order valence-corrected chi connectivity index (χ1v) is 3.63. The topological polar surface area (TPSA) is 20.3 Å². The van der Waals surface area contributed by atoms with Crippen molar-refractivity contribution in [3.8, 4) is 0 Å². The molecule has 0 aromatic heterocycles. The minimum Gasteiger partial charge on any atom is -0.373 e. The van der Waals surface area contributed by atoms with Crippen molar-refractivity contribution in [1.29, 1.82) is 0 Å². The van der Waals surface area contributed by atoms with Crippen molar-refractivity contribution in [3.05, 3.63) is 24.4 Å². The smallest absolute Gasteiger partial charge is 0.142 e. The van der Waals surface area contributed by atoms with Gasteiger partial charge in [-0.1, -0.05) is 6.58 Å². The van der Waals surface area contributed by atoms with Gasteiger partial charge >= 0.3 is 0 Å². The summed E-state index contributed by atoms with van der Waals surface area (Å²) in [5, 5.41) is 0. The molecule has 0 fully saturated rings. The normalized spacial score (nSPS) is 10.5. The van der Waals surface area contributed by atoms with Gasteiger partial charge < -0.3 is 4.90 Å². The van der Waals surface area contributed by atoms with Gasteiger partial charge in [0.1, 0.15) is 6.29 Å². The molecule has 0 bridgehead atoms. The van der Waals surface area contributed by atoms with Crippen LogP contribution in [0.25, 0.3) is 0 Å². The quantitative estimate of drug-likeness (QED) is 0.347. The lowest BCUT2D eigenvalue weighted by atomic mass is 10.3. The van der Waals surface area contributed by atoms with Crippen LogP contribution < -0.4 is 0 Å². The lowest BCUT2D eigenvalue weighted by molar-refractivity contribution is -0.104. The van der Waals surface area contributed by atoms with Gasteiger partial charge in [0.15, 0.2) is 0 Å². The van der Waals surface area contributed by atoms with Gasteiger partial charge in [0.05, 0.1) is 0 Å². The van der Waals surface area contributed by atoms with Crippen LogP contribution in [0, 0.1) is 0 Å². The van der Waals surface area contributed by atoms with Crippen LogP contribution in [0.4, 0.5) is 0 Å². The van der Waals surface area contributed by atoms with Crippen molar-refractivity contribution in [2.24, 2.45) is 0 Å². The third kappa shape index (κ3) is 3.61. The maximum Gasteiger partial charge on any atom is 0.142 e. The minimum absolute atomic E-state index is 0.416. The number of aldehydes is 1. The molecule has 0 heterocycles. The Balaban J connectivity index is 4.03. The van der Waals surface area contributed by atoms with E-state index < -0.39 is 0 Å². The van der Waals surface area contributed by atoms with E-state index in [-0.39, 0.29) is 0 Å². The second-order valence-corrected chi connectivity index (χ2v) is 2.69. The molecule has 0 aliphatic heterocycles. The molecule has 0 unspecified atom stereocenters. The fraction of sp³-hybridized carbons (Fsp3) is 0.444. The Bertz CT molecular complexity index is 170. The van der Waals surface area contributed by atoms with Crippen molar-refractivity contribution in [3.63, 3.8) is 0 Å². The Morgan fingerprint density at radius 2 is 2.09 bits per heavy atom. The first kappa shape index (κ1) is 9.95. The van der Waals surface area contributed by atoms with Crippen molar-refractivity contribution in [1.82, 2.24) is 4.90 Å². The summed E-state index contributed by atoms with van der Waals surface area (Å²) in [7, 11) is 1.95. The van der Waals surface area contributed by atoms with E-state index >= 15 is 0 Å². The van der Waals surface area contributed by atoms with E-state index in [9.17, 15) is 4.79 Å². The summed E-state index contributed by atoms with van der Waals surface area (Å²) in [6, 6.07) is 0.416. The first-order chi connectivity index (χ1) is 5.09. The van der Waals surface area contributed by atoms with E-state index in [4.69, 9.17) is 0 Å². The van der Waals surface area contributed by atoms with Crippen molar-refractivity contribution >= 4 is 6.29 Å². The van der Waals surface area contributed by atoms with Gasteiger partial charge in [-0.2, -0.15) is 0 Å². The molecule has 0 aliphatic carbocycles. The third-order valence-corrected chi connectivity index (χ3v) is 1.59. The van der Waals surface area contributed by atoms with Crippen LogP contribution >= 0.6 is 0 Å². The third-order valence-electron chi connectivity index (χ3n) is 1.59. The van der Waals surface area contributed by atoms with Gasteiger partial charge in [0.25, 0.3) is 0 Å². The molecule has 62 valence electrons. The van der Waals surface area contributed by atoms with E-state index in [1.807, 2.05) is 11.9 Å². The summed E-state index contributed by atoms with van der Waals surface area (Å²) in [5.41, 5.74) is 0.854. The number of carbonyl (C=O) groups is 1. The molecule has 0 saturated carbocycles. The summed E-state index contributed by atoms with van der Waals surface area (Å²) < 4.78 is 0. The molecule has 2 nitrogen and oxygen atoms in total. The molecule has 0 aromatic rings. The fourth-order valence-electron chi connectivity index (χ4n) is 0.600. The molecule has 11 heavy (non-hydrogen) atoms. The summed E-state index contributed by atoms with van der Waals surface area (Å²) in [6.07, 6.45) is 3.90. The van der Waals surface area contributed by atoms with Crippen LogP contribution in [-0.2, 0) is 4.79 Å². The maximum atomic E-state index is 9.96. The van der Waals surface area contributed by atoms with Gasteiger partial charge in [0, 0.05) is 18.8 Å². The monoisotopic (exact) mass is 153 g/mol. The summed E-state index contributed by atoms with van der Waals surface area (Å²) in [4.78, 5) is 12.0. The molecular formula is C9H15NO. The Hall–Kier alpha value is -1.05. The molecule has 0 aliphatic rings. The van der Waals surface area contributed by atoms with E-state index in [0.29, 0.717) is 6.04 Å². The predicted octanol–water partition coefficient (Wildman–Crippen LogP) is 1.60. The number of rotatable bonds is 4. The Labute approximate surface area is 68.2 Å². The summed E-state index contributed by atoms with van der Waals surface area (Å²) in [6.45, 7) is 7.93. The molecule has 0 saturated heterocycles. The number of allylic oxidation sites excluding steroid dienone is 2. The molecule has 0 rings (SSSR count). The molecule has 2 heteroatoms. The van der Waals surface area contributed by atoms with E-state index in [2.05, 4.69) is 20.4 Å². The van der Waals surface area contributed by atoms with Crippen LogP contribution in [0.3, 0.4) is 0 Å². The summed E-state index contributed by atoms with van der Waals surface area (Å²) in [5.74, 6) is 0. The molecule has 0 N–H and O–H groups in total. The van der Waals surface area contributed by atoms with Gasteiger partial charge in [0.2, 0.25) is 0 Å². The standard InChI is InChI=1S/C9H15NO/c1-8(2)10(4)9(3)6-5-7-11/h5-8H,3H2,1-2,4H3/b6-5-. The highest BCUT2D eigenvalue weighted by Gasteiger charge is 2.01. The highest BCUT2D eigenvalue weighted by atomic mass is 16.1. The molecule has 0 spiro atoms. The van der Waals surface area contributed by atoms with Gasteiger partial charge in [-0.25, -0.2) is 0 Å². The second-order valence-electron chi connectivity index (χ2n) is 2.69. The molecule has 0 radical (unpaired) electrons. The largest absolute Gasteiger partial charge is 0.373 e. The first-order valence-electron chi connectivity index (χ1n) is 3.63. The molecule has 0 aromatic carbocycles. The average Bonchev–Trinajstić information content (AvgIpc) is 1.98. The highest BCUT2D eigenvalue weighted by molar-refractivity contribution is 5.65. The van der Waals surface area contributed by atoms with Crippen LogP contribution in [0.5, 0.6) is 0 Å². The number of hydrogen-bond donors (Lipinski definition) is 0. The van der Waals surface area contributed by atoms with E-state index in [0.717, 1.165) is 12.0 Å². The van der Waals surface area contributed by atoms with Crippen LogP contribution in [0.2, 0.25) is 0 Å². The van der Waals surface area contributed by atoms with Crippen LogP contribution in [-0.4, -0.2) is 24.3 Å². The lowest BCUT2D eigenvalue weighted by Crippen LogP contribution is -2.23. The Kier molecular flexibility index (Phi) is 4.27. The lowest BCUT2D eigenvalue weighted by Gasteiger charge is -2.23. The van der Waals surface area contributed by atoms with Crippen molar-refractivity contribution < 1.29 is 4.79 Å². The number of carbonyl (C=O) groups excluding carboxylic acids is 1. The maximum absolute atomic E-state index is 9.96. The van der Waals surface area contributed by atoms with E-state index in [1.165, 1.54) is 6.08 Å². The number of likely N-dealkylation sites (N-methyl/N-ethyl adjacent to an activating group) is 1. The predicted molar refractivity (Wildman–Crippen MR) is 47.2 cm³/mol.